The van der Waals surface area contributed by atoms with Crippen LogP contribution in [0.4, 0.5) is 5.69 Å². The van der Waals surface area contributed by atoms with Gasteiger partial charge in [0, 0.05) is 18.7 Å². The molecule has 4 aromatic rings. The maximum Gasteiger partial charge on any atom is 0.291 e. The molecule has 0 bridgehead atoms. The quantitative estimate of drug-likeness (QED) is 0.335. The number of nitrogens with zero attached hydrogens (tertiary/aromatic N) is 2. The van der Waals surface area contributed by atoms with E-state index in [0.29, 0.717) is 28.0 Å². The highest BCUT2D eigenvalue weighted by molar-refractivity contribution is 5.99. The highest BCUT2D eigenvalue weighted by atomic mass is 16.7. The zero-order valence-corrected chi connectivity index (χ0v) is 17.6. The SMILES string of the molecule is O=C1c2oc3ccccc3c(=O)c2C(c2cccc([N+](=O)[O-])c2)N1Cc1ccc2c(c1)OCO2. The molecule has 2 aliphatic rings. The van der Waals surface area contributed by atoms with Crippen molar-refractivity contribution in [1.29, 1.82) is 0 Å². The second kappa shape index (κ2) is 7.45. The second-order valence-electron chi connectivity index (χ2n) is 8.05. The van der Waals surface area contributed by atoms with Crippen LogP contribution in [0.2, 0.25) is 0 Å². The molecular formula is C25H16N2O7. The number of hydrogen-bond acceptors (Lipinski definition) is 7. The smallest absolute Gasteiger partial charge is 0.291 e. The Kier molecular flexibility index (Phi) is 4.38. The number of ether oxygens (including phenoxy) is 2. The monoisotopic (exact) mass is 456 g/mol. The van der Waals surface area contributed by atoms with Crippen LogP contribution in [0, 0.1) is 10.1 Å². The first-order chi connectivity index (χ1) is 16.5. The molecular weight excluding hydrogens is 440 g/mol. The van der Waals surface area contributed by atoms with Crippen LogP contribution < -0.4 is 14.9 Å². The van der Waals surface area contributed by atoms with Crippen molar-refractivity contribution < 1.29 is 23.6 Å². The number of benzene rings is 3. The Morgan fingerprint density at radius 2 is 1.79 bits per heavy atom. The number of amides is 1. The summed E-state index contributed by atoms with van der Waals surface area (Å²) in [6.45, 7) is 0.247. The number of carbonyl (C=O) groups is 1. The van der Waals surface area contributed by atoms with Crippen LogP contribution in [0.15, 0.2) is 75.9 Å². The van der Waals surface area contributed by atoms with Crippen LogP contribution in [-0.2, 0) is 6.54 Å². The minimum Gasteiger partial charge on any atom is -0.454 e. The van der Waals surface area contributed by atoms with E-state index in [1.807, 2.05) is 0 Å². The van der Waals surface area contributed by atoms with Gasteiger partial charge in [-0.3, -0.25) is 19.7 Å². The van der Waals surface area contributed by atoms with Gasteiger partial charge >= 0.3 is 0 Å². The molecule has 3 heterocycles. The lowest BCUT2D eigenvalue weighted by molar-refractivity contribution is -0.384. The molecule has 1 unspecified atom stereocenters. The maximum atomic E-state index is 13.5. The zero-order chi connectivity index (χ0) is 23.4. The fourth-order valence-corrected chi connectivity index (χ4v) is 4.52. The summed E-state index contributed by atoms with van der Waals surface area (Å²) >= 11 is 0. The Hall–Kier alpha value is -4.66. The highest BCUT2D eigenvalue weighted by Crippen LogP contribution is 2.41. The van der Waals surface area contributed by atoms with Crippen LogP contribution in [-0.4, -0.2) is 22.5 Å². The van der Waals surface area contributed by atoms with E-state index in [1.54, 1.807) is 48.5 Å². The number of carbonyl (C=O) groups excluding carboxylic acids is 1. The molecule has 34 heavy (non-hydrogen) atoms. The van der Waals surface area contributed by atoms with E-state index in [4.69, 9.17) is 13.9 Å². The summed E-state index contributed by atoms with van der Waals surface area (Å²) in [6.07, 6.45) is 0. The van der Waals surface area contributed by atoms with Gasteiger partial charge in [0.05, 0.1) is 21.9 Å². The summed E-state index contributed by atoms with van der Waals surface area (Å²) in [5, 5.41) is 11.8. The van der Waals surface area contributed by atoms with E-state index in [0.717, 1.165) is 5.56 Å². The predicted molar refractivity (Wildman–Crippen MR) is 120 cm³/mol. The fourth-order valence-electron chi connectivity index (χ4n) is 4.52. The molecule has 0 saturated carbocycles. The van der Waals surface area contributed by atoms with Gasteiger partial charge in [0.25, 0.3) is 11.6 Å². The van der Waals surface area contributed by atoms with Crippen LogP contribution in [0.1, 0.15) is 33.3 Å². The molecule has 1 aromatic heterocycles. The first-order valence-electron chi connectivity index (χ1n) is 10.5. The summed E-state index contributed by atoms with van der Waals surface area (Å²) in [7, 11) is 0. The molecule has 0 saturated heterocycles. The summed E-state index contributed by atoms with van der Waals surface area (Å²) in [4.78, 5) is 39.5. The molecule has 0 aliphatic carbocycles. The van der Waals surface area contributed by atoms with Gasteiger partial charge in [-0.05, 0) is 35.4 Å². The minimum atomic E-state index is -0.853. The summed E-state index contributed by atoms with van der Waals surface area (Å²) < 4.78 is 16.7. The largest absolute Gasteiger partial charge is 0.454 e. The summed E-state index contributed by atoms with van der Waals surface area (Å²) in [5.74, 6) is 0.652. The van der Waals surface area contributed by atoms with Crippen LogP contribution in [0.5, 0.6) is 11.5 Å². The minimum absolute atomic E-state index is 0.0547. The Morgan fingerprint density at radius 3 is 2.65 bits per heavy atom. The zero-order valence-electron chi connectivity index (χ0n) is 17.6. The van der Waals surface area contributed by atoms with Gasteiger partial charge in [-0.1, -0.05) is 30.3 Å². The van der Waals surface area contributed by atoms with E-state index in [1.165, 1.54) is 23.1 Å². The molecule has 0 fully saturated rings. The number of non-ortho nitro benzene ring substituents is 1. The molecule has 0 N–H and O–H groups in total. The number of hydrogen-bond donors (Lipinski definition) is 0. The molecule has 9 heteroatoms. The van der Waals surface area contributed by atoms with Crippen molar-refractivity contribution in [2.24, 2.45) is 0 Å². The summed E-state index contributed by atoms with van der Waals surface area (Å²) in [5.41, 5.74) is 1.20. The first kappa shape index (κ1) is 20.0. The molecule has 1 amide bonds. The standard InChI is InChI=1S/C25H16N2O7/c28-23-17-6-1-2-7-18(17)34-24-21(23)22(15-4-3-5-16(11-15)27(30)31)26(25(24)29)12-14-8-9-19-20(10-14)33-13-32-19/h1-11,22H,12-13H2. The fraction of sp³-hybridized carbons (Fsp3) is 0.120. The van der Waals surface area contributed by atoms with E-state index < -0.39 is 16.9 Å². The molecule has 2 aliphatic heterocycles. The highest BCUT2D eigenvalue weighted by Gasteiger charge is 2.43. The topological polar surface area (TPSA) is 112 Å². The van der Waals surface area contributed by atoms with Crippen LogP contribution in [0.25, 0.3) is 11.0 Å². The van der Waals surface area contributed by atoms with Crippen molar-refractivity contribution in [1.82, 2.24) is 4.90 Å². The van der Waals surface area contributed by atoms with E-state index >= 15 is 0 Å². The Balaban J connectivity index is 1.53. The number of nitro groups is 1. The molecule has 6 rings (SSSR count). The Bertz CT molecular complexity index is 1560. The lowest BCUT2D eigenvalue weighted by atomic mass is 9.98. The van der Waals surface area contributed by atoms with Crippen molar-refractivity contribution in [3.8, 4) is 11.5 Å². The Morgan fingerprint density at radius 1 is 0.971 bits per heavy atom. The van der Waals surface area contributed by atoms with Gasteiger partial charge in [0.2, 0.25) is 12.6 Å². The molecule has 0 spiro atoms. The molecule has 0 radical (unpaired) electrons. The lowest BCUT2D eigenvalue weighted by Gasteiger charge is -2.25. The van der Waals surface area contributed by atoms with Crippen molar-refractivity contribution in [2.45, 2.75) is 12.6 Å². The average molecular weight is 456 g/mol. The number of rotatable bonds is 4. The van der Waals surface area contributed by atoms with Gasteiger partial charge in [-0.2, -0.15) is 0 Å². The van der Waals surface area contributed by atoms with Crippen molar-refractivity contribution in [3.63, 3.8) is 0 Å². The maximum absolute atomic E-state index is 13.5. The normalized spacial score (nSPS) is 16.2. The van der Waals surface area contributed by atoms with Crippen LogP contribution in [0.3, 0.4) is 0 Å². The van der Waals surface area contributed by atoms with Crippen molar-refractivity contribution >= 4 is 22.6 Å². The number of nitro benzene ring substituents is 1. The van der Waals surface area contributed by atoms with Gasteiger partial charge < -0.3 is 18.8 Å². The third-order valence-corrected chi connectivity index (χ3v) is 6.06. The third kappa shape index (κ3) is 3.01. The van der Waals surface area contributed by atoms with Crippen molar-refractivity contribution in [2.75, 3.05) is 6.79 Å². The van der Waals surface area contributed by atoms with Gasteiger partial charge in [0.15, 0.2) is 16.9 Å². The number of para-hydroxylation sites is 1. The van der Waals surface area contributed by atoms with Crippen LogP contribution >= 0.6 is 0 Å². The molecule has 3 aromatic carbocycles. The first-order valence-corrected chi connectivity index (χ1v) is 10.5. The number of fused-ring (bicyclic) bond motifs is 3. The molecule has 1 atom stereocenters. The third-order valence-electron chi connectivity index (χ3n) is 6.06. The predicted octanol–water partition coefficient (Wildman–Crippen LogP) is 4.18. The van der Waals surface area contributed by atoms with Gasteiger partial charge in [-0.15, -0.1) is 0 Å². The van der Waals surface area contributed by atoms with E-state index in [9.17, 15) is 19.7 Å². The second-order valence-corrected chi connectivity index (χ2v) is 8.05. The molecule has 168 valence electrons. The van der Waals surface area contributed by atoms with Gasteiger partial charge in [-0.25, -0.2) is 0 Å². The van der Waals surface area contributed by atoms with E-state index in [-0.39, 0.29) is 35.8 Å². The molecule has 9 nitrogen and oxygen atoms in total. The average Bonchev–Trinajstić information content (AvgIpc) is 3.42. The van der Waals surface area contributed by atoms with Gasteiger partial charge in [0.1, 0.15) is 5.58 Å². The lowest BCUT2D eigenvalue weighted by Crippen LogP contribution is -2.29. The van der Waals surface area contributed by atoms with Crippen molar-refractivity contribution in [3.05, 3.63) is 110 Å². The Labute approximate surface area is 191 Å². The van der Waals surface area contributed by atoms with E-state index in [2.05, 4.69) is 0 Å². The summed E-state index contributed by atoms with van der Waals surface area (Å²) in [6, 6.07) is 17.1.